The second-order valence-electron chi connectivity index (χ2n) is 5.58. The van der Waals surface area contributed by atoms with Crippen LogP contribution in [0.5, 0.6) is 0 Å². The highest BCUT2D eigenvalue weighted by molar-refractivity contribution is 6.08. The minimum Gasteiger partial charge on any atom is -0.453 e. The Morgan fingerprint density at radius 3 is 2.86 bits per heavy atom. The molecule has 0 unspecified atom stereocenters. The molecule has 1 amide bonds. The third-order valence-corrected chi connectivity index (χ3v) is 3.42. The lowest BCUT2D eigenvalue weighted by molar-refractivity contribution is 0.187. The van der Waals surface area contributed by atoms with Gasteiger partial charge >= 0.3 is 6.09 Å². The fraction of sp³-hybridized carbons (Fsp3) is 0.312. The molecule has 22 heavy (non-hydrogen) atoms. The number of nitrogens with zero attached hydrogens (tertiary/aromatic N) is 3. The summed E-state index contributed by atoms with van der Waals surface area (Å²) in [6.07, 6.45) is 1.24. The SMILES string of the molecule is COC(=O)Nc1nc2ccccc2c2c1ncn2CC(C)C. The number of hydrogen-bond acceptors (Lipinski definition) is 4. The molecule has 0 aliphatic carbocycles. The maximum Gasteiger partial charge on any atom is 0.412 e. The van der Waals surface area contributed by atoms with Crippen molar-refractivity contribution in [2.45, 2.75) is 20.4 Å². The number of methoxy groups -OCH3 is 1. The van der Waals surface area contributed by atoms with Gasteiger partial charge in [0, 0.05) is 11.9 Å². The first-order chi connectivity index (χ1) is 10.6. The number of hydrogen-bond donors (Lipinski definition) is 1. The van der Waals surface area contributed by atoms with Crippen LogP contribution in [-0.2, 0) is 11.3 Å². The second-order valence-corrected chi connectivity index (χ2v) is 5.58. The summed E-state index contributed by atoms with van der Waals surface area (Å²) in [5, 5.41) is 3.66. The van der Waals surface area contributed by atoms with Gasteiger partial charge in [0.1, 0.15) is 5.52 Å². The number of pyridine rings is 1. The molecule has 0 bridgehead atoms. The Kier molecular flexibility index (Phi) is 3.66. The number of para-hydroxylation sites is 1. The molecule has 6 heteroatoms. The fourth-order valence-electron chi connectivity index (χ4n) is 2.55. The van der Waals surface area contributed by atoms with Crippen LogP contribution in [0.15, 0.2) is 30.6 Å². The van der Waals surface area contributed by atoms with Crippen molar-refractivity contribution in [1.29, 1.82) is 0 Å². The normalized spacial score (nSPS) is 11.3. The van der Waals surface area contributed by atoms with Crippen LogP contribution >= 0.6 is 0 Å². The highest BCUT2D eigenvalue weighted by atomic mass is 16.5. The number of nitrogens with one attached hydrogen (secondary N) is 1. The van der Waals surface area contributed by atoms with Crippen molar-refractivity contribution in [1.82, 2.24) is 14.5 Å². The Balaban J connectivity index is 2.27. The minimum atomic E-state index is -0.553. The molecule has 1 aromatic carbocycles. The van der Waals surface area contributed by atoms with E-state index in [0.29, 0.717) is 17.3 Å². The maximum atomic E-state index is 11.5. The van der Waals surface area contributed by atoms with Crippen LogP contribution in [0.2, 0.25) is 0 Å². The largest absolute Gasteiger partial charge is 0.453 e. The van der Waals surface area contributed by atoms with E-state index in [1.165, 1.54) is 7.11 Å². The highest BCUT2D eigenvalue weighted by Crippen LogP contribution is 2.29. The zero-order valence-corrected chi connectivity index (χ0v) is 12.8. The van der Waals surface area contributed by atoms with Crippen molar-refractivity contribution in [3.63, 3.8) is 0 Å². The van der Waals surface area contributed by atoms with Gasteiger partial charge in [-0.3, -0.25) is 5.32 Å². The zero-order valence-electron chi connectivity index (χ0n) is 12.8. The van der Waals surface area contributed by atoms with E-state index in [0.717, 1.165) is 23.0 Å². The summed E-state index contributed by atoms with van der Waals surface area (Å²) >= 11 is 0. The topological polar surface area (TPSA) is 69.0 Å². The Bertz CT molecular complexity index is 839. The molecule has 114 valence electrons. The molecule has 1 N–H and O–H groups in total. The van der Waals surface area contributed by atoms with E-state index in [1.807, 2.05) is 24.3 Å². The first-order valence-electron chi connectivity index (χ1n) is 7.18. The van der Waals surface area contributed by atoms with Crippen molar-refractivity contribution >= 4 is 33.8 Å². The fourth-order valence-corrected chi connectivity index (χ4v) is 2.55. The number of rotatable bonds is 3. The molecular weight excluding hydrogens is 280 g/mol. The lowest BCUT2D eigenvalue weighted by atomic mass is 10.1. The molecule has 3 rings (SSSR count). The first-order valence-corrected chi connectivity index (χ1v) is 7.18. The van der Waals surface area contributed by atoms with Gasteiger partial charge in [-0.1, -0.05) is 32.0 Å². The van der Waals surface area contributed by atoms with E-state index in [1.54, 1.807) is 6.33 Å². The van der Waals surface area contributed by atoms with E-state index in [2.05, 4.69) is 38.4 Å². The van der Waals surface area contributed by atoms with Crippen molar-refractivity contribution in [3.05, 3.63) is 30.6 Å². The predicted octanol–water partition coefficient (Wildman–Crippen LogP) is 3.42. The summed E-state index contributed by atoms with van der Waals surface area (Å²) in [5.74, 6) is 0.907. The lowest BCUT2D eigenvalue weighted by Gasteiger charge is -2.11. The molecule has 0 radical (unpaired) electrons. The van der Waals surface area contributed by atoms with Gasteiger partial charge in [0.05, 0.1) is 24.5 Å². The van der Waals surface area contributed by atoms with Crippen molar-refractivity contribution in [3.8, 4) is 0 Å². The summed E-state index contributed by atoms with van der Waals surface area (Å²) < 4.78 is 6.77. The molecule has 0 spiro atoms. The molecular formula is C16H18N4O2. The van der Waals surface area contributed by atoms with Crippen LogP contribution in [0, 0.1) is 5.92 Å². The van der Waals surface area contributed by atoms with Crippen LogP contribution in [0.3, 0.4) is 0 Å². The number of amides is 1. The first kappa shape index (κ1) is 14.3. The molecule has 0 saturated heterocycles. The number of aromatic nitrogens is 3. The summed E-state index contributed by atoms with van der Waals surface area (Å²) in [7, 11) is 1.32. The lowest BCUT2D eigenvalue weighted by Crippen LogP contribution is -2.13. The van der Waals surface area contributed by atoms with E-state index >= 15 is 0 Å². The predicted molar refractivity (Wildman–Crippen MR) is 85.9 cm³/mol. The summed E-state index contributed by atoms with van der Waals surface area (Å²) in [5.41, 5.74) is 2.46. The summed E-state index contributed by atoms with van der Waals surface area (Å²) in [4.78, 5) is 20.5. The Morgan fingerprint density at radius 1 is 1.36 bits per heavy atom. The Labute approximate surface area is 128 Å². The minimum absolute atomic E-state index is 0.419. The van der Waals surface area contributed by atoms with Crippen molar-refractivity contribution < 1.29 is 9.53 Å². The number of anilines is 1. The standard InChI is InChI=1S/C16H18N4O2/c1-10(2)8-20-9-17-13-14(20)11-6-4-5-7-12(11)18-15(13)19-16(21)22-3/h4-7,9-10H,8H2,1-3H3,(H,18,19,21). The molecule has 3 aromatic rings. The van der Waals surface area contributed by atoms with E-state index in [-0.39, 0.29) is 0 Å². The number of carbonyl (C=O) groups excluding carboxylic acids is 1. The molecule has 0 atom stereocenters. The quantitative estimate of drug-likeness (QED) is 0.804. The second kappa shape index (κ2) is 5.63. The average Bonchev–Trinajstić information content (AvgIpc) is 2.91. The molecule has 0 aliphatic heterocycles. The van der Waals surface area contributed by atoms with Crippen LogP contribution < -0.4 is 5.32 Å². The summed E-state index contributed by atoms with van der Waals surface area (Å²) in [6, 6.07) is 7.84. The number of ether oxygens (including phenoxy) is 1. The Hall–Kier alpha value is -2.63. The van der Waals surface area contributed by atoms with Gasteiger partial charge in [0.25, 0.3) is 0 Å². The highest BCUT2D eigenvalue weighted by Gasteiger charge is 2.16. The van der Waals surface area contributed by atoms with Gasteiger partial charge in [0.15, 0.2) is 5.82 Å². The molecule has 0 saturated carbocycles. The van der Waals surface area contributed by atoms with Gasteiger partial charge in [-0.2, -0.15) is 0 Å². The monoisotopic (exact) mass is 298 g/mol. The maximum absolute atomic E-state index is 11.5. The molecule has 6 nitrogen and oxygen atoms in total. The average molecular weight is 298 g/mol. The van der Waals surface area contributed by atoms with Crippen LogP contribution in [0.1, 0.15) is 13.8 Å². The van der Waals surface area contributed by atoms with Crippen molar-refractivity contribution in [2.75, 3.05) is 12.4 Å². The smallest absolute Gasteiger partial charge is 0.412 e. The number of benzene rings is 1. The molecule has 2 aromatic heterocycles. The summed E-state index contributed by atoms with van der Waals surface area (Å²) in [6.45, 7) is 5.16. The third kappa shape index (κ3) is 2.47. The van der Waals surface area contributed by atoms with Crippen LogP contribution in [-0.4, -0.2) is 27.7 Å². The van der Waals surface area contributed by atoms with Gasteiger partial charge in [-0.05, 0) is 12.0 Å². The van der Waals surface area contributed by atoms with E-state index < -0.39 is 6.09 Å². The van der Waals surface area contributed by atoms with Crippen LogP contribution in [0.4, 0.5) is 10.6 Å². The van der Waals surface area contributed by atoms with Gasteiger partial charge in [-0.25, -0.2) is 14.8 Å². The third-order valence-electron chi connectivity index (χ3n) is 3.42. The van der Waals surface area contributed by atoms with E-state index in [9.17, 15) is 4.79 Å². The number of carbonyl (C=O) groups is 1. The number of imidazole rings is 1. The van der Waals surface area contributed by atoms with E-state index in [4.69, 9.17) is 0 Å². The van der Waals surface area contributed by atoms with Gasteiger partial charge < -0.3 is 9.30 Å². The van der Waals surface area contributed by atoms with Crippen LogP contribution in [0.25, 0.3) is 21.9 Å². The van der Waals surface area contributed by atoms with Gasteiger partial charge in [-0.15, -0.1) is 0 Å². The number of fused-ring (bicyclic) bond motifs is 3. The zero-order chi connectivity index (χ0) is 15.7. The molecule has 0 aliphatic rings. The van der Waals surface area contributed by atoms with Gasteiger partial charge in [0.2, 0.25) is 0 Å². The molecule has 2 heterocycles. The molecule has 0 fully saturated rings. The van der Waals surface area contributed by atoms with Crippen molar-refractivity contribution in [2.24, 2.45) is 5.92 Å². The Morgan fingerprint density at radius 2 is 2.14 bits per heavy atom.